The average Bonchev–Trinajstić information content (AvgIpc) is 2.50. The smallest absolute Gasteiger partial charge is 0.0666 e. The van der Waals surface area contributed by atoms with Crippen molar-refractivity contribution in [2.75, 3.05) is 5.32 Å². The van der Waals surface area contributed by atoms with Gasteiger partial charge in [0.15, 0.2) is 0 Å². The van der Waals surface area contributed by atoms with Crippen LogP contribution in [0.4, 0.5) is 5.69 Å². The van der Waals surface area contributed by atoms with Crippen LogP contribution < -0.4 is 5.32 Å². The summed E-state index contributed by atoms with van der Waals surface area (Å²) >= 11 is 6.32. The summed E-state index contributed by atoms with van der Waals surface area (Å²) in [6, 6.07) is 6.81. The van der Waals surface area contributed by atoms with Crippen LogP contribution in [0.5, 0.6) is 0 Å². The molecule has 0 aromatic heterocycles. The van der Waals surface area contributed by atoms with E-state index in [1.165, 1.54) is 32.1 Å². The van der Waals surface area contributed by atoms with Gasteiger partial charge in [0.25, 0.3) is 0 Å². The van der Waals surface area contributed by atoms with Gasteiger partial charge in [-0.25, -0.2) is 0 Å². The van der Waals surface area contributed by atoms with Crippen molar-refractivity contribution >= 4 is 17.3 Å². The van der Waals surface area contributed by atoms with Crippen LogP contribution in [0.1, 0.15) is 44.6 Å². The van der Waals surface area contributed by atoms with Crippen molar-refractivity contribution in [3.8, 4) is 0 Å². The fourth-order valence-corrected chi connectivity index (χ4v) is 2.79. The van der Waals surface area contributed by atoms with Crippen LogP contribution in [-0.4, -0.2) is 6.04 Å². The van der Waals surface area contributed by atoms with Gasteiger partial charge in [0, 0.05) is 6.04 Å². The van der Waals surface area contributed by atoms with Gasteiger partial charge in [-0.2, -0.15) is 0 Å². The number of anilines is 1. The minimum Gasteiger partial charge on any atom is -0.381 e. The molecule has 2 rings (SSSR count). The lowest BCUT2D eigenvalue weighted by molar-refractivity contribution is 0.502. The van der Waals surface area contributed by atoms with E-state index in [1.54, 1.807) is 0 Å². The van der Waals surface area contributed by atoms with Crippen LogP contribution in [0.25, 0.3) is 0 Å². The van der Waals surface area contributed by atoms with Gasteiger partial charge in [-0.1, -0.05) is 43.5 Å². The van der Waals surface area contributed by atoms with Gasteiger partial charge in [-0.3, -0.25) is 0 Å². The molecular weight excluding hydrogens is 230 g/mol. The summed E-state index contributed by atoms with van der Waals surface area (Å²) in [4.78, 5) is 0. The summed E-state index contributed by atoms with van der Waals surface area (Å²) in [6.45, 7) is 4.42. The number of halogens is 1. The molecule has 1 aromatic rings. The van der Waals surface area contributed by atoms with E-state index in [-0.39, 0.29) is 0 Å². The van der Waals surface area contributed by atoms with Crippen molar-refractivity contribution in [1.29, 1.82) is 0 Å². The zero-order valence-corrected chi connectivity index (χ0v) is 11.6. The van der Waals surface area contributed by atoms with Crippen LogP contribution in [0.15, 0.2) is 18.2 Å². The Bertz CT molecular complexity index is 375. The molecule has 0 amide bonds. The van der Waals surface area contributed by atoms with E-state index in [4.69, 9.17) is 11.6 Å². The molecule has 2 heteroatoms. The van der Waals surface area contributed by atoms with Gasteiger partial charge in [0.1, 0.15) is 0 Å². The monoisotopic (exact) mass is 251 g/mol. The molecule has 1 aliphatic carbocycles. The first-order valence-electron chi connectivity index (χ1n) is 6.68. The molecule has 1 saturated carbocycles. The predicted molar refractivity (Wildman–Crippen MR) is 75.8 cm³/mol. The Kier molecular flexibility index (Phi) is 4.33. The van der Waals surface area contributed by atoms with Crippen molar-refractivity contribution < 1.29 is 0 Å². The Hall–Kier alpha value is -0.690. The molecule has 0 spiro atoms. The number of hydrogen-bond donors (Lipinski definition) is 1. The van der Waals surface area contributed by atoms with E-state index in [0.29, 0.717) is 6.04 Å². The zero-order chi connectivity index (χ0) is 12.3. The minimum absolute atomic E-state index is 0.597. The number of rotatable bonds is 2. The van der Waals surface area contributed by atoms with Gasteiger partial charge < -0.3 is 5.32 Å². The predicted octanol–water partition coefficient (Wildman–Crippen LogP) is 5.03. The van der Waals surface area contributed by atoms with E-state index in [9.17, 15) is 0 Å². The maximum atomic E-state index is 6.32. The molecule has 2 unspecified atom stereocenters. The third-order valence-electron chi connectivity index (χ3n) is 3.81. The standard InChI is InChI=1S/C15H22ClN/c1-11-5-3-7-13(10-9-11)17-14-8-4-6-12(2)15(14)16/h4,6,8,11,13,17H,3,5,7,9-10H2,1-2H3. The quantitative estimate of drug-likeness (QED) is 0.727. The van der Waals surface area contributed by atoms with Gasteiger partial charge in [0.2, 0.25) is 0 Å². The van der Waals surface area contributed by atoms with Gasteiger partial charge in [0.05, 0.1) is 10.7 Å². The van der Waals surface area contributed by atoms with Crippen molar-refractivity contribution in [3.05, 3.63) is 28.8 Å². The summed E-state index contributed by atoms with van der Waals surface area (Å²) in [5.74, 6) is 0.884. The van der Waals surface area contributed by atoms with E-state index >= 15 is 0 Å². The maximum absolute atomic E-state index is 6.32. The second-order valence-corrected chi connectivity index (χ2v) is 5.77. The molecule has 1 aromatic carbocycles. The molecule has 0 heterocycles. The van der Waals surface area contributed by atoms with Gasteiger partial charge in [-0.15, -0.1) is 0 Å². The Morgan fingerprint density at radius 3 is 2.82 bits per heavy atom. The first-order valence-corrected chi connectivity index (χ1v) is 7.06. The number of aryl methyl sites for hydroxylation is 1. The molecule has 17 heavy (non-hydrogen) atoms. The summed E-state index contributed by atoms with van der Waals surface area (Å²) < 4.78 is 0. The molecule has 0 saturated heterocycles. The highest BCUT2D eigenvalue weighted by molar-refractivity contribution is 6.34. The minimum atomic E-state index is 0.597. The van der Waals surface area contributed by atoms with Crippen LogP contribution in [0, 0.1) is 12.8 Å². The summed E-state index contributed by atoms with van der Waals surface area (Å²) in [7, 11) is 0. The normalized spacial score (nSPS) is 25.4. The Labute approximate surface area is 110 Å². The van der Waals surface area contributed by atoms with Crippen LogP contribution in [0.2, 0.25) is 5.02 Å². The lowest BCUT2D eigenvalue weighted by Crippen LogP contribution is -2.18. The van der Waals surface area contributed by atoms with E-state index in [1.807, 2.05) is 0 Å². The third-order valence-corrected chi connectivity index (χ3v) is 4.31. The van der Waals surface area contributed by atoms with E-state index in [0.717, 1.165) is 22.2 Å². The Morgan fingerprint density at radius 1 is 1.18 bits per heavy atom. The molecule has 0 aliphatic heterocycles. The molecule has 1 nitrogen and oxygen atoms in total. The molecule has 0 radical (unpaired) electrons. The maximum Gasteiger partial charge on any atom is 0.0666 e. The number of hydrogen-bond acceptors (Lipinski definition) is 1. The molecule has 1 aliphatic rings. The van der Waals surface area contributed by atoms with Crippen LogP contribution >= 0.6 is 11.6 Å². The highest BCUT2D eigenvalue weighted by Gasteiger charge is 2.16. The zero-order valence-electron chi connectivity index (χ0n) is 10.8. The SMILES string of the molecule is Cc1cccc(NC2CCCC(C)CC2)c1Cl. The van der Waals surface area contributed by atoms with Crippen molar-refractivity contribution in [3.63, 3.8) is 0 Å². The number of benzene rings is 1. The lowest BCUT2D eigenvalue weighted by atomic mass is 10.0. The van der Waals surface area contributed by atoms with Gasteiger partial charge >= 0.3 is 0 Å². The van der Waals surface area contributed by atoms with Crippen molar-refractivity contribution in [1.82, 2.24) is 0 Å². The average molecular weight is 252 g/mol. The molecule has 94 valence electrons. The first kappa shape index (κ1) is 12.8. The largest absolute Gasteiger partial charge is 0.381 e. The Balaban J connectivity index is 2.02. The van der Waals surface area contributed by atoms with Crippen molar-refractivity contribution in [2.45, 2.75) is 52.0 Å². The summed E-state index contributed by atoms with van der Waals surface area (Å²) in [5, 5.41) is 4.50. The third kappa shape index (κ3) is 3.38. The van der Waals surface area contributed by atoms with E-state index in [2.05, 4.69) is 37.4 Å². The summed E-state index contributed by atoms with van der Waals surface area (Å²) in [5.41, 5.74) is 2.25. The van der Waals surface area contributed by atoms with Crippen LogP contribution in [-0.2, 0) is 0 Å². The van der Waals surface area contributed by atoms with Gasteiger partial charge in [-0.05, 0) is 43.7 Å². The molecular formula is C15H22ClN. The molecule has 1 fully saturated rings. The summed E-state index contributed by atoms with van der Waals surface area (Å²) in [6.07, 6.45) is 6.59. The fourth-order valence-electron chi connectivity index (χ4n) is 2.61. The molecule has 2 atom stereocenters. The highest BCUT2D eigenvalue weighted by Crippen LogP contribution is 2.29. The highest BCUT2D eigenvalue weighted by atomic mass is 35.5. The topological polar surface area (TPSA) is 12.0 Å². The second kappa shape index (κ2) is 5.77. The second-order valence-electron chi connectivity index (χ2n) is 5.39. The fraction of sp³-hybridized carbons (Fsp3) is 0.600. The van der Waals surface area contributed by atoms with Crippen molar-refractivity contribution in [2.24, 2.45) is 5.92 Å². The van der Waals surface area contributed by atoms with E-state index < -0.39 is 0 Å². The lowest BCUT2D eigenvalue weighted by Gasteiger charge is -2.19. The molecule has 0 bridgehead atoms. The van der Waals surface area contributed by atoms with Crippen LogP contribution in [0.3, 0.4) is 0 Å². The first-order chi connectivity index (χ1) is 8.16. The Morgan fingerprint density at radius 2 is 2.00 bits per heavy atom. The molecule has 1 N–H and O–H groups in total. The number of nitrogens with one attached hydrogen (secondary N) is 1.